The van der Waals surface area contributed by atoms with Crippen LogP contribution in [0.4, 0.5) is 0 Å². The van der Waals surface area contributed by atoms with Crippen molar-refractivity contribution in [3.8, 4) is 55.9 Å². The van der Waals surface area contributed by atoms with Crippen LogP contribution in [0, 0.1) is 0 Å². The molecule has 4 nitrogen and oxygen atoms in total. The molecule has 0 aliphatic carbocycles. The number of hydrogen-bond acceptors (Lipinski definition) is 2. The van der Waals surface area contributed by atoms with Gasteiger partial charge in [0.2, 0.25) is 0 Å². The van der Waals surface area contributed by atoms with E-state index in [1.54, 1.807) is 0 Å². The second-order valence-corrected chi connectivity index (χ2v) is 17.6. The van der Waals surface area contributed by atoms with Crippen LogP contribution in [-0.4, -0.2) is 19.1 Å². The van der Waals surface area contributed by atoms with E-state index in [1.807, 2.05) is 12.4 Å². The SMILES string of the molecule is c1ccc(-c2ccccc2-c2ccccc2-n2c3ccccc3c3cc4c5cc6c7ccccc7n(-c7ccccc7-c7ccccc7-c7ccccc7)c6cc5c5nccnc5c4cc32)cc1. The van der Waals surface area contributed by atoms with Gasteiger partial charge in [-0.05, 0) is 92.7 Å². The summed E-state index contributed by atoms with van der Waals surface area (Å²) in [7, 11) is 0. The lowest BCUT2D eigenvalue weighted by Crippen LogP contribution is -1.99. The van der Waals surface area contributed by atoms with E-state index in [4.69, 9.17) is 9.97 Å². The van der Waals surface area contributed by atoms with Crippen LogP contribution in [0.25, 0.3) is 132 Å². The smallest absolute Gasteiger partial charge is 0.0972 e. The predicted molar refractivity (Wildman–Crippen MR) is 285 cm³/mol. The Balaban J connectivity index is 1.05. The summed E-state index contributed by atoms with van der Waals surface area (Å²) in [5, 5.41) is 9.25. The maximum atomic E-state index is 5.15. The fourth-order valence-electron chi connectivity index (χ4n) is 11.1. The zero-order chi connectivity index (χ0) is 44.7. The first-order valence-corrected chi connectivity index (χ1v) is 23.2. The van der Waals surface area contributed by atoms with Gasteiger partial charge < -0.3 is 9.13 Å². The third-order valence-corrected chi connectivity index (χ3v) is 14.0. The first kappa shape index (κ1) is 38.2. The van der Waals surface area contributed by atoms with Crippen molar-refractivity contribution in [2.75, 3.05) is 0 Å². The molecule has 0 saturated carbocycles. The Morgan fingerprint density at radius 2 is 0.588 bits per heavy atom. The fraction of sp³-hybridized carbons (Fsp3) is 0. The highest BCUT2D eigenvalue weighted by atomic mass is 15.0. The molecule has 14 aromatic rings. The number of fused-ring (bicyclic) bond motifs is 12. The molecule has 0 aliphatic heterocycles. The summed E-state index contributed by atoms with van der Waals surface area (Å²) < 4.78 is 4.91. The summed E-state index contributed by atoms with van der Waals surface area (Å²) in [6.07, 6.45) is 3.66. The molecule has 0 radical (unpaired) electrons. The molecule has 0 saturated heterocycles. The number of para-hydroxylation sites is 4. The van der Waals surface area contributed by atoms with Crippen molar-refractivity contribution >= 4 is 76.2 Å². The van der Waals surface area contributed by atoms with Crippen molar-refractivity contribution in [2.24, 2.45) is 0 Å². The van der Waals surface area contributed by atoms with Crippen LogP contribution in [0.15, 0.2) is 243 Å². The van der Waals surface area contributed by atoms with Gasteiger partial charge in [-0.2, -0.15) is 0 Å². The topological polar surface area (TPSA) is 35.6 Å². The minimum Gasteiger partial charge on any atom is -0.309 e. The van der Waals surface area contributed by atoms with Crippen molar-refractivity contribution in [3.05, 3.63) is 243 Å². The van der Waals surface area contributed by atoms with Gasteiger partial charge in [0.15, 0.2) is 0 Å². The summed E-state index contributed by atoms with van der Waals surface area (Å²) in [5.74, 6) is 0. The van der Waals surface area contributed by atoms with Crippen molar-refractivity contribution in [1.29, 1.82) is 0 Å². The van der Waals surface area contributed by atoms with Gasteiger partial charge in [-0.25, -0.2) is 0 Å². The van der Waals surface area contributed by atoms with Gasteiger partial charge in [-0.3, -0.25) is 9.97 Å². The molecular formula is C64H40N4. The number of aromatic nitrogens is 4. The largest absolute Gasteiger partial charge is 0.309 e. The maximum Gasteiger partial charge on any atom is 0.0972 e. The molecule has 4 heteroatoms. The van der Waals surface area contributed by atoms with E-state index in [1.165, 1.54) is 66.1 Å². The lowest BCUT2D eigenvalue weighted by molar-refractivity contribution is 1.18. The number of hydrogen-bond donors (Lipinski definition) is 0. The number of benzene rings is 11. The van der Waals surface area contributed by atoms with Gasteiger partial charge in [-0.15, -0.1) is 0 Å². The van der Waals surface area contributed by atoms with Crippen LogP contribution in [-0.2, 0) is 0 Å². The Hall–Kier alpha value is -9.12. The van der Waals surface area contributed by atoms with Gasteiger partial charge in [0.05, 0.1) is 44.5 Å². The van der Waals surface area contributed by atoms with Crippen molar-refractivity contribution in [1.82, 2.24) is 19.1 Å². The van der Waals surface area contributed by atoms with E-state index in [9.17, 15) is 0 Å². The lowest BCUT2D eigenvalue weighted by Gasteiger charge is -2.18. The Bertz CT molecular complexity index is 4040. The molecule has 0 aliphatic rings. The van der Waals surface area contributed by atoms with Crippen molar-refractivity contribution < 1.29 is 0 Å². The van der Waals surface area contributed by atoms with Crippen molar-refractivity contribution in [3.63, 3.8) is 0 Å². The second kappa shape index (κ2) is 15.2. The zero-order valence-corrected chi connectivity index (χ0v) is 36.9. The van der Waals surface area contributed by atoms with Crippen LogP contribution in [0.5, 0.6) is 0 Å². The highest BCUT2D eigenvalue weighted by molar-refractivity contribution is 6.30. The first-order chi connectivity index (χ1) is 33.8. The minimum atomic E-state index is 0.885. The molecule has 316 valence electrons. The Morgan fingerprint density at radius 3 is 1.03 bits per heavy atom. The van der Waals surface area contributed by atoms with Gasteiger partial charge in [-0.1, -0.05) is 182 Å². The molecule has 3 heterocycles. The van der Waals surface area contributed by atoms with Gasteiger partial charge >= 0.3 is 0 Å². The Kier molecular flexibility index (Phi) is 8.55. The Labute approximate surface area is 392 Å². The molecule has 0 atom stereocenters. The highest BCUT2D eigenvalue weighted by Crippen LogP contribution is 2.46. The molecule has 11 aromatic carbocycles. The normalized spacial score (nSPS) is 11.8. The van der Waals surface area contributed by atoms with Crippen LogP contribution in [0.1, 0.15) is 0 Å². The summed E-state index contributed by atoms with van der Waals surface area (Å²) >= 11 is 0. The van der Waals surface area contributed by atoms with Crippen LogP contribution < -0.4 is 0 Å². The molecule has 0 N–H and O–H groups in total. The van der Waals surface area contributed by atoms with Crippen LogP contribution in [0.2, 0.25) is 0 Å². The van der Waals surface area contributed by atoms with E-state index >= 15 is 0 Å². The quantitative estimate of drug-likeness (QED) is 0.156. The maximum absolute atomic E-state index is 5.15. The van der Waals surface area contributed by atoms with E-state index in [0.717, 1.165) is 66.0 Å². The third-order valence-electron chi connectivity index (χ3n) is 14.0. The molecular weight excluding hydrogens is 825 g/mol. The first-order valence-electron chi connectivity index (χ1n) is 23.2. The molecule has 0 bridgehead atoms. The Morgan fingerprint density at radius 1 is 0.235 bits per heavy atom. The van der Waals surface area contributed by atoms with Gasteiger partial charge in [0.1, 0.15) is 0 Å². The van der Waals surface area contributed by atoms with Gasteiger partial charge in [0.25, 0.3) is 0 Å². The van der Waals surface area contributed by atoms with E-state index in [-0.39, 0.29) is 0 Å². The lowest BCUT2D eigenvalue weighted by atomic mass is 9.93. The average molecular weight is 865 g/mol. The summed E-state index contributed by atoms with van der Waals surface area (Å²) in [6, 6.07) is 83.8. The summed E-state index contributed by atoms with van der Waals surface area (Å²) in [4.78, 5) is 10.3. The third kappa shape index (κ3) is 5.74. The molecule has 3 aromatic heterocycles. The monoisotopic (exact) mass is 864 g/mol. The van der Waals surface area contributed by atoms with Crippen LogP contribution >= 0.6 is 0 Å². The summed E-state index contributed by atoms with van der Waals surface area (Å²) in [6.45, 7) is 0. The standard InChI is InChI=1S/C64H40N4/c1-3-19-41(20-4-1)43-23-7-9-25-45(43)47-27-11-15-31-57(47)67-59-33-17-13-29-49(59)53-37-51-52-38-54-50-30-14-18-34-60(50)68(62(54)40-56(52)64-63(65-35-36-66-64)55(51)39-61(53)67)58-32-16-12-28-48(58)46-26-10-8-24-44(46)42-21-5-2-6-22-42/h1-40H. The minimum absolute atomic E-state index is 0.885. The molecule has 0 amide bonds. The van der Waals surface area contributed by atoms with E-state index in [2.05, 4.69) is 240 Å². The molecule has 0 spiro atoms. The average Bonchev–Trinajstić information content (AvgIpc) is 3.92. The number of rotatable bonds is 6. The zero-order valence-electron chi connectivity index (χ0n) is 36.9. The second-order valence-electron chi connectivity index (χ2n) is 17.6. The van der Waals surface area contributed by atoms with Crippen LogP contribution in [0.3, 0.4) is 0 Å². The highest BCUT2D eigenvalue weighted by Gasteiger charge is 2.23. The van der Waals surface area contributed by atoms with Gasteiger partial charge in [0, 0.05) is 55.8 Å². The molecule has 14 rings (SSSR count). The molecule has 68 heavy (non-hydrogen) atoms. The predicted octanol–water partition coefficient (Wildman–Crippen LogP) is 16.8. The molecule has 0 unspecified atom stereocenters. The van der Waals surface area contributed by atoms with Crippen molar-refractivity contribution in [2.45, 2.75) is 0 Å². The summed E-state index contributed by atoms with van der Waals surface area (Å²) in [5.41, 5.74) is 18.1. The fourth-order valence-corrected chi connectivity index (χ4v) is 11.1. The molecule has 0 fully saturated rings. The van der Waals surface area contributed by atoms with E-state index < -0.39 is 0 Å². The number of nitrogens with zero attached hydrogens (tertiary/aromatic N) is 4. The van der Waals surface area contributed by atoms with E-state index in [0.29, 0.717) is 0 Å².